The minimum Gasteiger partial charge on any atom is -0.506 e. The summed E-state index contributed by atoms with van der Waals surface area (Å²) in [5.74, 6) is -1.21. The number of aromatic hydroxyl groups is 1. The molecule has 0 aromatic carbocycles. The van der Waals surface area contributed by atoms with Crippen LogP contribution in [0.15, 0.2) is 18.3 Å². The Morgan fingerprint density at radius 2 is 2.00 bits per heavy atom. The zero-order chi connectivity index (χ0) is 11.2. The lowest BCUT2D eigenvalue weighted by Gasteiger charge is -2.08. The van der Waals surface area contributed by atoms with E-state index in [1.807, 2.05) is 0 Å². The van der Waals surface area contributed by atoms with E-state index < -0.39 is 12.0 Å². The molecular weight excluding hydrogens is 209 g/mol. The summed E-state index contributed by atoms with van der Waals surface area (Å²) < 4.78 is 38.4. The lowest BCUT2D eigenvalue weighted by Crippen LogP contribution is -2.12. The van der Waals surface area contributed by atoms with E-state index in [1.165, 1.54) is 19.1 Å². The molecule has 0 saturated heterocycles. The third-order valence-corrected chi connectivity index (χ3v) is 2.16. The Morgan fingerprint density at radius 1 is 1.33 bits per heavy atom. The smallest absolute Gasteiger partial charge is 0.450 e. The van der Waals surface area contributed by atoms with Gasteiger partial charge in [-0.25, -0.2) is 4.98 Å². The summed E-state index contributed by atoms with van der Waals surface area (Å²) in [6.07, 6.45) is -3.40. The minimum atomic E-state index is -4.52. The molecule has 0 spiro atoms. The molecule has 1 N–H and O–H groups in total. The second kappa shape index (κ2) is 2.88. The van der Waals surface area contributed by atoms with Crippen molar-refractivity contribution in [2.75, 3.05) is 0 Å². The Hall–Kier alpha value is -1.72. The number of hydrogen-bond donors (Lipinski definition) is 1. The normalized spacial score (nSPS) is 12.3. The average molecular weight is 216 g/mol. The first-order valence-corrected chi connectivity index (χ1v) is 4.14. The molecule has 3 nitrogen and oxygen atoms in total. The highest BCUT2D eigenvalue weighted by Crippen LogP contribution is 2.31. The Kier molecular flexibility index (Phi) is 1.89. The Labute approximate surface area is 82.8 Å². The first-order valence-electron chi connectivity index (χ1n) is 4.14. The fourth-order valence-electron chi connectivity index (χ4n) is 1.43. The van der Waals surface area contributed by atoms with Crippen LogP contribution in [0.5, 0.6) is 5.75 Å². The lowest BCUT2D eigenvalue weighted by molar-refractivity contribution is -0.145. The van der Waals surface area contributed by atoms with Gasteiger partial charge in [-0.05, 0) is 19.1 Å². The number of aryl methyl sites for hydroxylation is 1. The zero-order valence-electron chi connectivity index (χ0n) is 7.71. The van der Waals surface area contributed by atoms with Crippen LogP contribution in [-0.4, -0.2) is 14.5 Å². The first kappa shape index (κ1) is 9.82. The van der Waals surface area contributed by atoms with Crippen LogP contribution in [0, 0.1) is 6.92 Å². The SMILES string of the molecule is Cc1c(O)ccc2cnc(C(F)(F)F)n12. The van der Waals surface area contributed by atoms with Crippen LogP contribution < -0.4 is 0 Å². The maximum absolute atomic E-state index is 12.5. The van der Waals surface area contributed by atoms with E-state index >= 15 is 0 Å². The van der Waals surface area contributed by atoms with Crippen molar-refractivity contribution in [2.45, 2.75) is 13.1 Å². The Bertz CT molecular complexity index is 516. The molecule has 0 atom stereocenters. The maximum Gasteiger partial charge on any atom is 0.450 e. The van der Waals surface area contributed by atoms with Gasteiger partial charge in [0.1, 0.15) is 5.75 Å². The second-order valence-electron chi connectivity index (χ2n) is 3.14. The van der Waals surface area contributed by atoms with Crippen LogP contribution in [-0.2, 0) is 6.18 Å². The summed E-state index contributed by atoms with van der Waals surface area (Å²) in [6.45, 7) is 1.40. The van der Waals surface area contributed by atoms with Gasteiger partial charge in [-0.15, -0.1) is 0 Å². The molecule has 0 fully saturated rings. The molecule has 0 radical (unpaired) electrons. The molecule has 0 saturated carbocycles. The van der Waals surface area contributed by atoms with Gasteiger partial charge < -0.3 is 5.11 Å². The van der Waals surface area contributed by atoms with Crippen molar-refractivity contribution in [3.8, 4) is 5.75 Å². The fourth-order valence-corrected chi connectivity index (χ4v) is 1.43. The van der Waals surface area contributed by atoms with Crippen molar-refractivity contribution in [3.05, 3.63) is 29.8 Å². The second-order valence-corrected chi connectivity index (χ2v) is 3.14. The largest absolute Gasteiger partial charge is 0.506 e. The lowest BCUT2D eigenvalue weighted by atomic mass is 10.3. The summed E-state index contributed by atoms with van der Waals surface area (Å²) in [5, 5.41) is 9.31. The molecular formula is C9H7F3N2O. The summed E-state index contributed by atoms with van der Waals surface area (Å²) in [5.41, 5.74) is 0.426. The summed E-state index contributed by atoms with van der Waals surface area (Å²) in [7, 11) is 0. The van der Waals surface area contributed by atoms with Crippen molar-refractivity contribution in [1.29, 1.82) is 0 Å². The number of aromatic nitrogens is 2. The average Bonchev–Trinajstić information content (AvgIpc) is 2.54. The predicted octanol–water partition coefficient (Wildman–Crippen LogP) is 2.37. The Balaban J connectivity index is 2.84. The number of hydrogen-bond acceptors (Lipinski definition) is 2. The highest BCUT2D eigenvalue weighted by atomic mass is 19.4. The van der Waals surface area contributed by atoms with E-state index in [2.05, 4.69) is 4.98 Å². The standard InChI is InChI=1S/C9H7F3N2O/c1-5-7(15)3-2-6-4-13-8(14(5)6)9(10,11)12/h2-4,15H,1H3. The molecule has 2 heterocycles. The van der Waals surface area contributed by atoms with E-state index in [1.54, 1.807) is 0 Å². The monoisotopic (exact) mass is 216 g/mol. The van der Waals surface area contributed by atoms with Gasteiger partial charge in [0, 0.05) is 0 Å². The van der Waals surface area contributed by atoms with Crippen LogP contribution in [0.3, 0.4) is 0 Å². The van der Waals surface area contributed by atoms with Crippen LogP contribution in [0.2, 0.25) is 0 Å². The van der Waals surface area contributed by atoms with E-state index in [9.17, 15) is 18.3 Å². The number of fused-ring (bicyclic) bond motifs is 1. The fraction of sp³-hybridized carbons (Fsp3) is 0.222. The molecule has 2 aromatic heterocycles. The first-order chi connectivity index (χ1) is 6.91. The van der Waals surface area contributed by atoms with Crippen LogP contribution in [0.4, 0.5) is 13.2 Å². The highest BCUT2D eigenvalue weighted by molar-refractivity contribution is 5.51. The molecule has 0 unspecified atom stereocenters. The molecule has 0 aliphatic heterocycles. The van der Waals surface area contributed by atoms with E-state index in [0.717, 1.165) is 10.6 Å². The molecule has 2 aromatic rings. The zero-order valence-corrected chi connectivity index (χ0v) is 7.71. The van der Waals surface area contributed by atoms with Gasteiger partial charge in [0.15, 0.2) is 0 Å². The van der Waals surface area contributed by atoms with Crippen molar-refractivity contribution in [3.63, 3.8) is 0 Å². The van der Waals surface area contributed by atoms with Crippen molar-refractivity contribution in [1.82, 2.24) is 9.38 Å². The quantitative estimate of drug-likeness (QED) is 0.734. The highest BCUT2D eigenvalue weighted by Gasteiger charge is 2.36. The maximum atomic E-state index is 12.5. The van der Waals surface area contributed by atoms with Crippen LogP contribution in [0.25, 0.3) is 5.52 Å². The summed E-state index contributed by atoms with van der Waals surface area (Å²) in [6, 6.07) is 2.72. The number of nitrogens with zero attached hydrogens (tertiary/aromatic N) is 2. The van der Waals surface area contributed by atoms with Crippen LogP contribution in [0.1, 0.15) is 11.5 Å². The molecule has 0 bridgehead atoms. The molecule has 0 aliphatic rings. The van der Waals surface area contributed by atoms with Crippen molar-refractivity contribution in [2.24, 2.45) is 0 Å². The number of pyridine rings is 1. The molecule has 80 valence electrons. The van der Waals surface area contributed by atoms with E-state index in [0.29, 0.717) is 5.52 Å². The molecule has 2 rings (SSSR count). The molecule has 0 aliphatic carbocycles. The van der Waals surface area contributed by atoms with Crippen LogP contribution >= 0.6 is 0 Å². The van der Waals surface area contributed by atoms with Gasteiger partial charge in [0.05, 0.1) is 17.4 Å². The molecule has 0 amide bonds. The summed E-state index contributed by atoms with van der Waals surface area (Å²) in [4.78, 5) is 3.30. The van der Waals surface area contributed by atoms with Gasteiger partial charge in [-0.2, -0.15) is 13.2 Å². The topological polar surface area (TPSA) is 37.5 Å². The number of imidazole rings is 1. The van der Waals surface area contributed by atoms with Gasteiger partial charge in [0.2, 0.25) is 5.82 Å². The van der Waals surface area contributed by atoms with Crippen molar-refractivity contribution < 1.29 is 18.3 Å². The summed E-state index contributed by atoms with van der Waals surface area (Å²) >= 11 is 0. The molecule has 6 heteroatoms. The third kappa shape index (κ3) is 1.42. The van der Waals surface area contributed by atoms with Gasteiger partial charge >= 0.3 is 6.18 Å². The van der Waals surface area contributed by atoms with Gasteiger partial charge in [-0.1, -0.05) is 0 Å². The van der Waals surface area contributed by atoms with E-state index in [-0.39, 0.29) is 11.4 Å². The van der Waals surface area contributed by atoms with Gasteiger partial charge in [-0.3, -0.25) is 4.40 Å². The van der Waals surface area contributed by atoms with Crippen molar-refractivity contribution >= 4 is 5.52 Å². The minimum absolute atomic E-state index is 0.123. The third-order valence-electron chi connectivity index (χ3n) is 2.16. The predicted molar refractivity (Wildman–Crippen MR) is 46.6 cm³/mol. The molecule has 15 heavy (non-hydrogen) atoms. The number of rotatable bonds is 0. The van der Waals surface area contributed by atoms with Gasteiger partial charge in [0.25, 0.3) is 0 Å². The Morgan fingerprint density at radius 3 is 2.60 bits per heavy atom. The van der Waals surface area contributed by atoms with E-state index in [4.69, 9.17) is 0 Å². The number of halogens is 3. The number of alkyl halides is 3.